The lowest BCUT2D eigenvalue weighted by Crippen LogP contribution is -2.45. The van der Waals surface area contributed by atoms with Crippen LogP contribution in [-0.2, 0) is 21.4 Å². The number of nitrogens with one attached hydrogen (secondary N) is 1. The van der Waals surface area contributed by atoms with Crippen molar-refractivity contribution in [2.75, 3.05) is 13.1 Å². The molecule has 1 atom stereocenters. The van der Waals surface area contributed by atoms with Crippen molar-refractivity contribution in [3.63, 3.8) is 0 Å². The van der Waals surface area contributed by atoms with Crippen molar-refractivity contribution < 1.29 is 26.5 Å². The molecular formula is C25H25F2N3O4S. The summed E-state index contributed by atoms with van der Waals surface area (Å²) in [5.41, 5.74) is 1.20. The zero-order valence-electron chi connectivity index (χ0n) is 19.1. The van der Waals surface area contributed by atoms with E-state index in [2.05, 4.69) is 10.5 Å². The average Bonchev–Trinajstić information content (AvgIpc) is 3.24. The molecule has 0 radical (unpaired) electrons. The van der Waals surface area contributed by atoms with Crippen LogP contribution >= 0.6 is 0 Å². The van der Waals surface area contributed by atoms with Gasteiger partial charge in [-0.05, 0) is 55.7 Å². The van der Waals surface area contributed by atoms with Crippen molar-refractivity contribution in [2.24, 2.45) is 5.92 Å². The molecule has 4 rings (SSSR count). The summed E-state index contributed by atoms with van der Waals surface area (Å²) < 4.78 is 60.5. The van der Waals surface area contributed by atoms with Gasteiger partial charge in [-0.3, -0.25) is 4.79 Å². The van der Waals surface area contributed by atoms with Gasteiger partial charge in [0.1, 0.15) is 17.3 Å². The topological polar surface area (TPSA) is 92.5 Å². The van der Waals surface area contributed by atoms with E-state index < -0.39 is 21.8 Å². The Morgan fingerprint density at radius 2 is 1.91 bits per heavy atom. The third-order valence-corrected chi connectivity index (χ3v) is 7.91. The molecule has 184 valence electrons. The largest absolute Gasteiger partial charge is 0.355 e. The number of amides is 1. The Morgan fingerprint density at radius 1 is 1.17 bits per heavy atom. The van der Waals surface area contributed by atoms with Gasteiger partial charge in [-0.25, -0.2) is 17.2 Å². The smallest absolute Gasteiger partial charge is 0.248 e. The van der Waals surface area contributed by atoms with Gasteiger partial charge in [0.25, 0.3) is 0 Å². The number of hydrogen-bond acceptors (Lipinski definition) is 5. The van der Waals surface area contributed by atoms with E-state index in [0.717, 1.165) is 5.56 Å². The summed E-state index contributed by atoms with van der Waals surface area (Å²) in [6, 6.07) is 11.9. The molecule has 0 saturated carbocycles. The Labute approximate surface area is 202 Å². The van der Waals surface area contributed by atoms with E-state index in [4.69, 9.17) is 4.52 Å². The molecule has 0 spiro atoms. The van der Waals surface area contributed by atoms with Crippen LogP contribution in [0.2, 0.25) is 0 Å². The summed E-state index contributed by atoms with van der Waals surface area (Å²) in [4.78, 5) is 12.6. The molecule has 3 aromatic rings. The second-order valence-corrected chi connectivity index (χ2v) is 10.2. The quantitative estimate of drug-likeness (QED) is 0.525. The molecule has 1 aliphatic heterocycles. The van der Waals surface area contributed by atoms with Crippen molar-refractivity contribution in [1.82, 2.24) is 14.8 Å². The molecule has 2 heterocycles. The van der Waals surface area contributed by atoms with Gasteiger partial charge in [0.15, 0.2) is 10.7 Å². The summed E-state index contributed by atoms with van der Waals surface area (Å²) in [6.45, 7) is 2.01. The molecule has 0 unspecified atom stereocenters. The average molecular weight is 502 g/mol. The van der Waals surface area contributed by atoms with E-state index in [1.54, 1.807) is 30.3 Å². The molecule has 7 nitrogen and oxygen atoms in total. The van der Waals surface area contributed by atoms with Crippen molar-refractivity contribution in [3.8, 4) is 0 Å². The molecule has 1 aliphatic rings. The minimum atomic E-state index is -4.02. The van der Waals surface area contributed by atoms with Crippen molar-refractivity contribution in [3.05, 3.63) is 82.7 Å². The molecule has 1 fully saturated rings. The normalized spacial score (nSPS) is 17.1. The Kier molecular flexibility index (Phi) is 7.42. The number of rotatable bonds is 7. The van der Waals surface area contributed by atoms with Crippen LogP contribution in [0.4, 0.5) is 8.78 Å². The van der Waals surface area contributed by atoms with Crippen LogP contribution in [0.1, 0.15) is 35.4 Å². The van der Waals surface area contributed by atoms with E-state index in [1.165, 1.54) is 41.6 Å². The van der Waals surface area contributed by atoms with Gasteiger partial charge in [0, 0.05) is 25.2 Å². The highest BCUT2D eigenvalue weighted by atomic mass is 32.2. The van der Waals surface area contributed by atoms with Gasteiger partial charge in [-0.1, -0.05) is 35.5 Å². The van der Waals surface area contributed by atoms with Crippen molar-refractivity contribution in [1.29, 1.82) is 0 Å². The van der Waals surface area contributed by atoms with Crippen LogP contribution in [0.3, 0.4) is 0 Å². The highest BCUT2D eigenvalue weighted by Crippen LogP contribution is 2.29. The number of sulfonamides is 1. The predicted molar refractivity (Wildman–Crippen MR) is 126 cm³/mol. The van der Waals surface area contributed by atoms with E-state index in [0.29, 0.717) is 12.8 Å². The van der Waals surface area contributed by atoms with Crippen LogP contribution in [0, 0.1) is 24.5 Å². The monoisotopic (exact) mass is 501 g/mol. The summed E-state index contributed by atoms with van der Waals surface area (Å²) in [5, 5.41) is 6.60. The first-order valence-electron chi connectivity index (χ1n) is 11.2. The number of piperidine rings is 1. The summed E-state index contributed by atoms with van der Waals surface area (Å²) in [7, 11) is -4.02. The Hall–Kier alpha value is -3.37. The maximum atomic E-state index is 14.0. The summed E-state index contributed by atoms with van der Waals surface area (Å²) >= 11 is 0. The van der Waals surface area contributed by atoms with Crippen LogP contribution < -0.4 is 5.32 Å². The number of halogens is 2. The Bertz CT molecular complexity index is 1340. The number of benzene rings is 2. The fourth-order valence-electron chi connectivity index (χ4n) is 4.01. The van der Waals surface area contributed by atoms with Crippen LogP contribution in [0.25, 0.3) is 12.2 Å². The van der Waals surface area contributed by atoms with Gasteiger partial charge < -0.3 is 9.84 Å². The molecule has 0 aliphatic carbocycles. The molecular weight excluding hydrogens is 476 g/mol. The Morgan fingerprint density at radius 3 is 2.66 bits per heavy atom. The maximum Gasteiger partial charge on any atom is 0.248 e. The lowest BCUT2D eigenvalue weighted by Gasteiger charge is -2.31. The van der Waals surface area contributed by atoms with Gasteiger partial charge >= 0.3 is 0 Å². The molecule has 35 heavy (non-hydrogen) atoms. The van der Waals surface area contributed by atoms with Gasteiger partial charge in [0.2, 0.25) is 15.9 Å². The first kappa shape index (κ1) is 24.7. The molecule has 2 aromatic carbocycles. The van der Waals surface area contributed by atoms with E-state index in [1.807, 2.05) is 0 Å². The van der Waals surface area contributed by atoms with Crippen LogP contribution in [-0.4, -0.2) is 36.9 Å². The second-order valence-electron chi connectivity index (χ2n) is 8.36. The van der Waals surface area contributed by atoms with Crippen molar-refractivity contribution >= 4 is 28.1 Å². The lowest BCUT2D eigenvalue weighted by atomic mass is 9.99. The number of hydrogen-bond donors (Lipinski definition) is 1. The van der Waals surface area contributed by atoms with E-state index in [9.17, 15) is 22.0 Å². The maximum absolute atomic E-state index is 14.0. The lowest BCUT2D eigenvalue weighted by molar-refractivity contribution is -0.126. The van der Waals surface area contributed by atoms with Crippen molar-refractivity contribution in [2.45, 2.75) is 31.2 Å². The zero-order valence-corrected chi connectivity index (χ0v) is 19.9. The molecule has 1 aromatic heterocycles. The van der Waals surface area contributed by atoms with Crippen LogP contribution in [0.5, 0.6) is 0 Å². The van der Waals surface area contributed by atoms with Crippen LogP contribution in [0.15, 0.2) is 57.9 Å². The fraction of sp³-hybridized carbons (Fsp3) is 0.280. The standard InChI is InChI=1S/C25H25F2N3O4S/c1-17-24(23(34-29-17)13-10-19-5-2-3-7-22(19)27)35(32,33)30-14-4-6-20(16-30)25(31)28-15-18-8-11-21(26)12-9-18/h2-3,5,7-13,20H,4,6,14-16H2,1H3,(H,28,31)/b13-10+/t20-/m1/s1. The number of aryl methyl sites for hydroxylation is 1. The molecule has 1 N–H and O–H groups in total. The summed E-state index contributed by atoms with van der Waals surface area (Å²) in [5.74, 6) is -1.61. The van der Waals surface area contributed by atoms with Gasteiger partial charge in [0.05, 0.1) is 5.92 Å². The first-order chi connectivity index (χ1) is 16.8. The second kappa shape index (κ2) is 10.5. The first-order valence-corrected chi connectivity index (χ1v) is 12.6. The molecule has 1 amide bonds. The van der Waals surface area contributed by atoms with Gasteiger partial charge in [-0.2, -0.15) is 4.31 Å². The predicted octanol–water partition coefficient (Wildman–Crippen LogP) is 4.15. The number of carbonyl (C=O) groups excluding carboxylic acids is 1. The third-order valence-electron chi connectivity index (χ3n) is 5.89. The third kappa shape index (κ3) is 5.66. The zero-order chi connectivity index (χ0) is 25.0. The highest BCUT2D eigenvalue weighted by Gasteiger charge is 2.36. The number of nitrogens with zero attached hydrogens (tertiary/aromatic N) is 2. The fourth-order valence-corrected chi connectivity index (χ4v) is 5.79. The highest BCUT2D eigenvalue weighted by molar-refractivity contribution is 7.89. The molecule has 0 bridgehead atoms. The Balaban J connectivity index is 1.48. The SMILES string of the molecule is Cc1noc(/C=C/c2ccccc2F)c1S(=O)(=O)N1CCC[C@@H](C(=O)NCc2ccc(F)cc2)C1. The van der Waals surface area contributed by atoms with Gasteiger partial charge in [-0.15, -0.1) is 0 Å². The minimum Gasteiger partial charge on any atom is -0.355 e. The number of aromatic nitrogens is 1. The summed E-state index contributed by atoms with van der Waals surface area (Å²) in [6.07, 6.45) is 3.86. The van der Waals surface area contributed by atoms with E-state index >= 15 is 0 Å². The number of carbonyl (C=O) groups is 1. The van der Waals surface area contributed by atoms with E-state index in [-0.39, 0.29) is 53.3 Å². The molecule has 1 saturated heterocycles. The molecule has 10 heteroatoms. The minimum absolute atomic E-state index is 0.00589.